The number of benzene rings is 6. The summed E-state index contributed by atoms with van der Waals surface area (Å²) in [5, 5.41) is 7.50. The second kappa shape index (κ2) is 8.87. The molecule has 182 valence electrons. The molecule has 0 radical (unpaired) electrons. The summed E-state index contributed by atoms with van der Waals surface area (Å²) in [6, 6.07) is 47.1. The largest absolute Gasteiger partial charge is 0.228 e. The Kier molecular flexibility index (Phi) is 5.04. The molecule has 0 bridgehead atoms. The average Bonchev–Trinajstić information content (AvgIpc) is 3.40. The molecule has 2 heterocycles. The fourth-order valence-electron chi connectivity index (χ4n) is 5.63. The molecular formula is C36H22N2S. The summed E-state index contributed by atoms with van der Waals surface area (Å²) in [5.41, 5.74) is 5.05. The van der Waals surface area contributed by atoms with Gasteiger partial charge in [-0.15, -0.1) is 11.3 Å². The molecule has 0 aliphatic heterocycles. The minimum absolute atomic E-state index is 0.742. The van der Waals surface area contributed by atoms with Gasteiger partial charge in [0.05, 0.1) is 11.4 Å². The Labute approximate surface area is 229 Å². The van der Waals surface area contributed by atoms with Gasteiger partial charge in [0.15, 0.2) is 5.82 Å². The number of thiophene rings is 1. The molecule has 8 aromatic rings. The highest BCUT2D eigenvalue weighted by molar-refractivity contribution is 7.26. The van der Waals surface area contributed by atoms with Crippen LogP contribution in [-0.4, -0.2) is 9.97 Å². The number of fused-ring (bicyclic) bond motifs is 7. The van der Waals surface area contributed by atoms with Gasteiger partial charge < -0.3 is 0 Å². The average molecular weight is 515 g/mol. The summed E-state index contributed by atoms with van der Waals surface area (Å²) in [6.45, 7) is 0. The van der Waals surface area contributed by atoms with Crippen molar-refractivity contribution >= 4 is 53.1 Å². The lowest BCUT2D eigenvalue weighted by molar-refractivity contribution is 1.19. The topological polar surface area (TPSA) is 25.8 Å². The number of hydrogen-bond acceptors (Lipinski definition) is 3. The molecule has 0 atom stereocenters. The van der Waals surface area contributed by atoms with E-state index in [-0.39, 0.29) is 0 Å². The van der Waals surface area contributed by atoms with E-state index < -0.39 is 0 Å². The van der Waals surface area contributed by atoms with Crippen LogP contribution in [0.15, 0.2) is 133 Å². The monoisotopic (exact) mass is 514 g/mol. The Morgan fingerprint density at radius 1 is 0.410 bits per heavy atom. The van der Waals surface area contributed by atoms with Gasteiger partial charge in [-0.2, -0.15) is 0 Å². The molecule has 0 saturated carbocycles. The molecule has 0 aliphatic carbocycles. The van der Waals surface area contributed by atoms with Gasteiger partial charge in [0, 0.05) is 42.2 Å². The minimum atomic E-state index is 0.742. The maximum Gasteiger partial charge on any atom is 0.161 e. The molecule has 8 rings (SSSR count). The van der Waals surface area contributed by atoms with Gasteiger partial charge in [0.2, 0.25) is 0 Å². The van der Waals surface area contributed by atoms with Crippen LogP contribution in [0.3, 0.4) is 0 Å². The molecule has 0 fully saturated rings. The molecule has 6 aromatic carbocycles. The molecule has 0 unspecified atom stereocenters. The molecular weight excluding hydrogens is 492 g/mol. The Morgan fingerprint density at radius 2 is 0.949 bits per heavy atom. The zero-order chi connectivity index (χ0) is 25.8. The van der Waals surface area contributed by atoms with Crippen LogP contribution in [0.4, 0.5) is 0 Å². The first-order valence-electron chi connectivity index (χ1n) is 13.1. The highest BCUT2D eigenvalue weighted by atomic mass is 32.1. The number of aromatic nitrogens is 2. The van der Waals surface area contributed by atoms with Gasteiger partial charge in [-0.05, 0) is 34.4 Å². The van der Waals surface area contributed by atoms with Crippen LogP contribution >= 0.6 is 11.3 Å². The minimum Gasteiger partial charge on any atom is -0.228 e. The van der Waals surface area contributed by atoms with Crippen LogP contribution < -0.4 is 0 Å². The summed E-state index contributed by atoms with van der Waals surface area (Å²) in [4.78, 5) is 10.3. The Morgan fingerprint density at radius 3 is 1.64 bits per heavy atom. The van der Waals surface area contributed by atoms with Crippen LogP contribution in [0.5, 0.6) is 0 Å². The van der Waals surface area contributed by atoms with Gasteiger partial charge in [-0.1, -0.05) is 115 Å². The number of rotatable bonds is 3. The molecule has 0 amide bonds. The normalized spacial score (nSPS) is 11.6. The standard InChI is InChI=1S/C36H22N2S/c1-3-11-23(12-4-1)32-22-33(24-13-5-2-6-14-24)38-36(37-32)31-21-30-27(25-15-7-8-16-26(25)31)19-20-29-28-17-9-10-18-34(28)39-35(29)30/h1-22H. The molecule has 0 N–H and O–H groups in total. The SMILES string of the molecule is c1ccc(-c2cc(-c3ccccc3)nc(-c3cc4c(ccc5c6ccccc6sc54)c4ccccc34)n2)cc1. The molecule has 0 saturated heterocycles. The second-order valence-electron chi connectivity index (χ2n) is 9.80. The lowest BCUT2D eigenvalue weighted by atomic mass is 9.95. The van der Waals surface area contributed by atoms with Crippen molar-refractivity contribution in [3.05, 3.63) is 133 Å². The highest BCUT2D eigenvalue weighted by Crippen LogP contribution is 2.43. The van der Waals surface area contributed by atoms with E-state index in [1.165, 1.54) is 36.3 Å². The fourth-order valence-corrected chi connectivity index (χ4v) is 6.85. The van der Waals surface area contributed by atoms with Crippen molar-refractivity contribution in [1.29, 1.82) is 0 Å². The van der Waals surface area contributed by atoms with Crippen LogP contribution in [0.25, 0.3) is 75.6 Å². The van der Waals surface area contributed by atoms with E-state index in [9.17, 15) is 0 Å². The van der Waals surface area contributed by atoms with E-state index >= 15 is 0 Å². The lowest BCUT2D eigenvalue weighted by Gasteiger charge is -2.13. The summed E-state index contributed by atoms with van der Waals surface area (Å²) in [5.74, 6) is 0.742. The molecule has 0 aliphatic rings. The molecule has 3 heteroatoms. The summed E-state index contributed by atoms with van der Waals surface area (Å²) >= 11 is 1.86. The molecule has 2 aromatic heterocycles. The maximum absolute atomic E-state index is 5.17. The molecule has 2 nitrogen and oxygen atoms in total. The van der Waals surface area contributed by atoms with Crippen molar-refractivity contribution in [3.63, 3.8) is 0 Å². The van der Waals surface area contributed by atoms with Crippen molar-refractivity contribution in [1.82, 2.24) is 9.97 Å². The third-order valence-corrected chi connectivity index (χ3v) is 8.71. The Bertz CT molecular complexity index is 2110. The highest BCUT2D eigenvalue weighted by Gasteiger charge is 2.17. The summed E-state index contributed by atoms with van der Waals surface area (Å²) in [6.07, 6.45) is 0. The Hall–Kier alpha value is -4.86. The number of hydrogen-bond donors (Lipinski definition) is 0. The van der Waals surface area contributed by atoms with E-state index in [0.29, 0.717) is 0 Å². The van der Waals surface area contributed by atoms with E-state index in [1.807, 2.05) is 23.5 Å². The quantitative estimate of drug-likeness (QED) is 0.219. The first-order chi connectivity index (χ1) is 19.3. The predicted octanol–water partition coefficient (Wildman–Crippen LogP) is 10.2. The predicted molar refractivity (Wildman–Crippen MR) is 166 cm³/mol. The van der Waals surface area contributed by atoms with Gasteiger partial charge in [0.1, 0.15) is 0 Å². The molecule has 0 spiro atoms. The van der Waals surface area contributed by atoms with Gasteiger partial charge in [-0.25, -0.2) is 9.97 Å². The molecule has 39 heavy (non-hydrogen) atoms. The third kappa shape index (κ3) is 3.63. The zero-order valence-electron chi connectivity index (χ0n) is 21.0. The maximum atomic E-state index is 5.17. The van der Waals surface area contributed by atoms with Crippen molar-refractivity contribution in [2.24, 2.45) is 0 Å². The van der Waals surface area contributed by atoms with Crippen molar-refractivity contribution < 1.29 is 0 Å². The van der Waals surface area contributed by atoms with Gasteiger partial charge >= 0.3 is 0 Å². The smallest absolute Gasteiger partial charge is 0.161 e. The van der Waals surface area contributed by atoms with Crippen LogP contribution in [-0.2, 0) is 0 Å². The third-order valence-electron chi connectivity index (χ3n) is 7.49. The lowest BCUT2D eigenvalue weighted by Crippen LogP contribution is -1.97. The van der Waals surface area contributed by atoms with Crippen LogP contribution in [0.2, 0.25) is 0 Å². The van der Waals surface area contributed by atoms with Gasteiger partial charge in [-0.3, -0.25) is 0 Å². The van der Waals surface area contributed by atoms with Crippen molar-refractivity contribution in [2.75, 3.05) is 0 Å². The Balaban J connectivity index is 1.48. The van der Waals surface area contributed by atoms with E-state index in [1.54, 1.807) is 0 Å². The fraction of sp³-hybridized carbons (Fsp3) is 0. The van der Waals surface area contributed by atoms with Crippen molar-refractivity contribution in [3.8, 4) is 33.9 Å². The van der Waals surface area contributed by atoms with E-state index in [0.717, 1.165) is 39.3 Å². The number of nitrogens with zero attached hydrogens (tertiary/aromatic N) is 2. The second-order valence-corrected chi connectivity index (χ2v) is 10.9. The van der Waals surface area contributed by atoms with Gasteiger partial charge in [0.25, 0.3) is 0 Å². The zero-order valence-corrected chi connectivity index (χ0v) is 21.8. The summed E-state index contributed by atoms with van der Waals surface area (Å²) < 4.78 is 2.62. The van der Waals surface area contributed by atoms with E-state index in [4.69, 9.17) is 9.97 Å². The van der Waals surface area contributed by atoms with E-state index in [2.05, 4.69) is 121 Å². The first kappa shape index (κ1) is 22.2. The van der Waals surface area contributed by atoms with Crippen LogP contribution in [0.1, 0.15) is 0 Å². The van der Waals surface area contributed by atoms with Crippen LogP contribution in [0, 0.1) is 0 Å². The summed E-state index contributed by atoms with van der Waals surface area (Å²) in [7, 11) is 0. The first-order valence-corrected chi connectivity index (χ1v) is 13.9. The van der Waals surface area contributed by atoms with Crippen molar-refractivity contribution in [2.45, 2.75) is 0 Å².